The summed E-state index contributed by atoms with van der Waals surface area (Å²) in [4.78, 5) is 25.6. The van der Waals surface area contributed by atoms with Crippen molar-refractivity contribution in [3.8, 4) is 0 Å². The van der Waals surface area contributed by atoms with E-state index >= 15 is 0 Å². The molecule has 6 heteroatoms. The van der Waals surface area contributed by atoms with Gasteiger partial charge in [0.2, 0.25) is 5.91 Å². The molecule has 1 saturated heterocycles. The van der Waals surface area contributed by atoms with E-state index in [0.29, 0.717) is 6.04 Å². The van der Waals surface area contributed by atoms with Crippen molar-refractivity contribution in [3.05, 3.63) is 0 Å². The molecular formula is C15H28N4O2. The van der Waals surface area contributed by atoms with Gasteiger partial charge in [0.25, 0.3) is 0 Å². The number of carbonyl (C=O) groups is 2. The summed E-state index contributed by atoms with van der Waals surface area (Å²) in [5, 5.41) is 8.73. The van der Waals surface area contributed by atoms with Crippen molar-refractivity contribution in [2.45, 2.75) is 57.0 Å². The SMILES string of the molecule is CN(CC(=O)NC(=O)NC1CCCCC1)CC1CCCN1. The first-order chi connectivity index (χ1) is 10.1. The van der Waals surface area contributed by atoms with E-state index in [-0.39, 0.29) is 24.5 Å². The van der Waals surface area contributed by atoms with E-state index < -0.39 is 0 Å². The van der Waals surface area contributed by atoms with Gasteiger partial charge >= 0.3 is 6.03 Å². The topological polar surface area (TPSA) is 73.5 Å². The zero-order valence-electron chi connectivity index (χ0n) is 13.0. The molecule has 1 unspecified atom stereocenters. The van der Waals surface area contributed by atoms with Crippen molar-refractivity contribution in [2.75, 3.05) is 26.7 Å². The van der Waals surface area contributed by atoms with Gasteiger partial charge in [-0.3, -0.25) is 15.0 Å². The molecule has 0 bridgehead atoms. The zero-order valence-corrected chi connectivity index (χ0v) is 13.0. The van der Waals surface area contributed by atoms with Crippen molar-refractivity contribution in [3.63, 3.8) is 0 Å². The molecule has 120 valence electrons. The molecule has 0 spiro atoms. The summed E-state index contributed by atoms with van der Waals surface area (Å²) in [6.45, 7) is 2.17. The predicted molar refractivity (Wildman–Crippen MR) is 82.1 cm³/mol. The maximum Gasteiger partial charge on any atom is 0.321 e. The van der Waals surface area contributed by atoms with Crippen LogP contribution >= 0.6 is 0 Å². The van der Waals surface area contributed by atoms with Gasteiger partial charge in [0.15, 0.2) is 0 Å². The number of hydrogen-bond donors (Lipinski definition) is 3. The smallest absolute Gasteiger partial charge is 0.321 e. The highest BCUT2D eigenvalue weighted by Gasteiger charge is 2.19. The largest absolute Gasteiger partial charge is 0.335 e. The summed E-state index contributed by atoms with van der Waals surface area (Å²) in [5.74, 6) is -0.233. The average molecular weight is 296 g/mol. The minimum atomic E-state index is -0.348. The van der Waals surface area contributed by atoms with Crippen LogP contribution in [0.25, 0.3) is 0 Å². The number of nitrogens with zero attached hydrogens (tertiary/aromatic N) is 1. The number of amides is 3. The van der Waals surface area contributed by atoms with Crippen molar-refractivity contribution in [1.82, 2.24) is 20.9 Å². The van der Waals surface area contributed by atoms with E-state index in [2.05, 4.69) is 16.0 Å². The number of urea groups is 1. The third-order valence-corrected chi connectivity index (χ3v) is 4.30. The lowest BCUT2D eigenvalue weighted by molar-refractivity contribution is -0.120. The molecule has 2 rings (SSSR count). The maximum atomic E-state index is 11.8. The Bertz CT molecular complexity index is 350. The van der Waals surface area contributed by atoms with Gasteiger partial charge in [-0.05, 0) is 39.3 Å². The van der Waals surface area contributed by atoms with Crippen LogP contribution in [0.3, 0.4) is 0 Å². The Morgan fingerprint density at radius 2 is 1.90 bits per heavy atom. The van der Waals surface area contributed by atoms with Gasteiger partial charge in [-0.2, -0.15) is 0 Å². The lowest BCUT2D eigenvalue weighted by Gasteiger charge is -2.23. The fraction of sp³-hybridized carbons (Fsp3) is 0.867. The van der Waals surface area contributed by atoms with Gasteiger partial charge in [-0.1, -0.05) is 19.3 Å². The highest BCUT2D eigenvalue weighted by molar-refractivity contribution is 5.95. The molecule has 2 fully saturated rings. The molecule has 0 radical (unpaired) electrons. The molecule has 1 aliphatic carbocycles. The Kier molecular flexibility index (Phi) is 6.45. The Balaban J connectivity index is 1.62. The van der Waals surface area contributed by atoms with Crippen LogP contribution in [0.2, 0.25) is 0 Å². The number of imide groups is 1. The second-order valence-electron chi connectivity index (χ2n) is 6.35. The molecule has 2 aliphatic rings. The van der Waals surface area contributed by atoms with E-state index in [1.807, 2.05) is 11.9 Å². The summed E-state index contributed by atoms with van der Waals surface area (Å²) >= 11 is 0. The minimum absolute atomic E-state index is 0.229. The third-order valence-electron chi connectivity index (χ3n) is 4.30. The number of likely N-dealkylation sites (N-methyl/N-ethyl adjacent to an activating group) is 1. The Hall–Kier alpha value is -1.14. The van der Waals surface area contributed by atoms with Crippen LogP contribution < -0.4 is 16.0 Å². The summed E-state index contributed by atoms with van der Waals surface area (Å²) in [6, 6.07) is 0.352. The van der Waals surface area contributed by atoms with Crippen LogP contribution in [-0.4, -0.2) is 55.6 Å². The van der Waals surface area contributed by atoms with Crippen LogP contribution in [0.5, 0.6) is 0 Å². The van der Waals surface area contributed by atoms with Crippen molar-refractivity contribution >= 4 is 11.9 Å². The minimum Gasteiger partial charge on any atom is -0.335 e. The molecule has 6 nitrogen and oxygen atoms in total. The molecule has 3 N–H and O–H groups in total. The molecule has 0 aromatic rings. The van der Waals surface area contributed by atoms with Gasteiger partial charge in [0, 0.05) is 18.6 Å². The Morgan fingerprint density at radius 3 is 2.57 bits per heavy atom. The van der Waals surface area contributed by atoms with Crippen molar-refractivity contribution in [1.29, 1.82) is 0 Å². The standard InChI is InChI=1S/C15H28N4O2/c1-19(10-13-8-5-9-16-13)11-14(20)18-15(21)17-12-6-3-2-4-7-12/h12-13,16H,2-11H2,1H3,(H2,17,18,20,21). The third kappa shape index (κ3) is 6.01. The molecule has 0 aromatic heterocycles. The van der Waals surface area contributed by atoms with Gasteiger partial charge in [-0.15, -0.1) is 0 Å². The van der Waals surface area contributed by atoms with E-state index in [9.17, 15) is 9.59 Å². The maximum absolute atomic E-state index is 11.8. The molecule has 21 heavy (non-hydrogen) atoms. The summed E-state index contributed by atoms with van der Waals surface area (Å²) in [7, 11) is 1.92. The summed E-state index contributed by atoms with van der Waals surface area (Å²) < 4.78 is 0. The van der Waals surface area contributed by atoms with Crippen LogP contribution in [0, 0.1) is 0 Å². The first kappa shape index (κ1) is 16.2. The van der Waals surface area contributed by atoms with E-state index in [1.165, 1.54) is 12.8 Å². The quantitative estimate of drug-likeness (QED) is 0.702. The normalized spacial score (nSPS) is 23.2. The van der Waals surface area contributed by atoms with Gasteiger partial charge in [-0.25, -0.2) is 4.79 Å². The van der Waals surface area contributed by atoms with E-state index in [0.717, 1.165) is 45.2 Å². The monoisotopic (exact) mass is 296 g/mol. The molecule has 1 atom stereocenters. The van der Waals surface area contributed by atoms with Crippen LogP contribution in [0.4, 0.5) is 4.79 Å². The Labute approximate surface area is 127 Å². The number of carbonyl (C=O) groups excluding carboxylic acids is 2. The van der Waals surface area contributed by atoms with Crippen LogP contribution in [0.15, 0.2) is 0 Å². The van der Waals surface area contributed by atoms with Crippen LogP contribution in [-0.2, 0) is 4.79 Å². The molecule has 1 aliphatic heterocycles. The van der Waals surface area contributed by atoms with E-state index in [1.54, 1.807) is 0 Å². The lowest BCUT2D eigenvalue weighted by atomic mass is 9.96. The van der Waals surface area contributed by atoms with E-state index in [4.69, 9.17) is 0 Å². The van der Waals surface area contributed by atoms with Crippen molar-refractivity contribution in [2.24, 2.45) is 0 Å². The molecule has 3 amide bonds. The molecule has 0 aromatic carbocycles. The molecular weight excluding hydrogens is 268 g/mol. The number of nitrogens with one attached hydrogen (secondary N) is 3. The molecule has 1 saturated carbocycles. The second kappa shape index (κ2) is 8.34. The molecule has 1 heterocycles. The van der Waals surface area contributed by atoms with Gasteiger partial charge < -0.3 is 10.6 Å². The highest BCUT2D eigenvalue weighted by atomic mass is 16.2. The fourth-order valence-corrected chi connectivity index (χ4v) is 3.23. The summed E-state index contributed by atoms with van der Waals surface area (Å²) in [6.07, 6.45) is 7.98. The zero-order chi connectivity index (χ0) is 15.1. The van der Waals surface area contributed by atoms with Crippen LogP contribution in [0.1, 0.15) is 44.9 Å². The second-order valence-corrected chi connectivity index (χ2v) is 6.35. The Morgan fingerprint density at radius 1 is 1.14 bits per heavy atom. The fourth-order valence-electron chi connectivity index (χ4n) is 3.23. The first-order valence-electron chi connectivity index (χ1n) is 8.16. The predicted octanol–water partition coefficient (Wildman–Crippen LogP) is 0.829. The average Bonchev–Trinajstić information content (AvgIpc) is 2.91. The van der Waals surface area contributed by atoms with Gasteiger partial charge in [0.1, 0.15) is 0 Å². The van der Waals surface area contributed by atoms with Crippen molar-refractivity contribution < 1.29 is 9.59 Å². The number of rotatable bonds is 5. The number of hydrogen-bond acceptors (Lipinski definition) is 4. The lowest BCUT2D eigenvalue weighted by Crippen LogP contribution is -2.48. The highest BCUT2D eigenvalue weighted by Crippen LogP contribution is 2.17. The summed E-state index contributed by atoms with van der Waals surface area (Å²) in [5.41, 5.74) is 0. The van der Waals surface area contributed by atoms with Gasteiger partial charge in [0.05, 0.1) is 6.54 Å². The first-order valence-corrected chi connectivity index (χ1v) is 8.16.